The fraction of sp³-hybridized carbons (Fsp3) is 0.533. The van der Waals surface area contributed by atoms with Crippen LogP contribution in [0.15, 0.2) is 29.2 Å². The van der Waals surface area contributed by atoms with Gasteiger partial charge in [-0.2, -0.15) is 4.31 Å². The Morgan fingerprint density at radius 2 is 1.86 bits per heavy atom. The molecule has 1 fully saturated rings. The quantitative estimate of drug-likeness (QED) is 0.845. The van der Waals surface area contributed by atoms with Crippen LogP contribution in [0.2, 0.25) is 0 Å². The molecule has 0 amide bonds. The predicted molar refractivity (Wildman–Crippen MR) is 88.7 cm³/mol. The van der Waals surface area contributed by atoms with Gasteiger partial charge in [0, 0.05) is 18.7 Å². The van der Waals surface area contributed by atoms with E-state index in [9.17, 15) is 8.42 Å². The second-order valence-corrected chi connectivity index (χ2v) is 7.90. The smallest absolute Gasteiger partial charge is 0.243 e. The van der Waals surface area contributed by atoms with E-state index in [1.807, 2.05) is 0 Å². The van der Waals surface area contributed by atoms with E-state index in [0.29, 0.717) is 29.5 Å². The molecule has 6 heteroatoms. The summed E-state index contributed by atoms with van der Waals surface area (Å²) in [4.78, 5) is 0.593. The molecule has 1 aromatic carbocycles. The van der Waals surface area contributed by atoms with Gasteiger partial charge in [-0.15, -0.1) is 0 Å². The van der Waals surface area contributed by atoms with Gasteiger partial charge in [0.2, 0.25) is 10.0 Å². The lowest BCUT2D eigenvalue weighted by molar-refractivity contribution is 0.262. The van der Waals surface area contributed by atoms with Crippen molar-refractivity contribution in [1.29, 1.82) is 0 Å². The van der Waals surface area contributed by atoms with Crippen molar-refractivity contribution < 1.29 is 8.42 Å². The molecule has 0 saturated carbocycles. The van der Waals surface area contributed by atoms with Gasteiger partial charge in [0.25, 0.3) is 0 Å². The molecule has 2 N–H and O–H groups in total. The highest BCUT2D eigenvalue weighted by Gasteiger charge is 2.28. The number of piperidine rings is 1. The van der Waals surface area contributed by atoms with Gasteiger partial charge in [-0.1, -0.05) is 44.1 Å². The number of sulfonamides is 1. The molecule has 0 aromatic heterocycles. The monoisotopic (exact) mass is 326 g/mol. The van der Waals surface area contributed by atoms with Crippen LogP contribution in [0.25, 0.3) is 0 Å². The highest BCUT2D eigenvalue weighted by Crippen LogP contribution is 2.26. The summed E-state index contributed by atoms with van der Waals surface area (Å²) in [6.07, 6.45) is 4.27. The predicted octanol–water partition coefficient (Wildman–Crippen LogP) is 2.52. The molecule has 1 aromatic rings. The third-order valence-electron chi connectivity index (χ3n) is 4.05. The van der Waals surface area contributed by atoms with Crippen LogP contribution >= 0.6 is 12.2 Å². The van der Waals surface area contributed by atoms with Gasteiger partial charge in [-0.25, -0.2) is 8.42 Å². The minimum Gasteiger partial charge on any atom is -0.389 e. The minimum atomic E-state index is -3.39. The van der Waals surface area contributed by atoms with Crippen molar-refractivity contribution in [3.63, 3.8) is 0 Å². The summed E-state index contributed by atoms with van der Waals surface area (Å²) >= 11 is 4.88. The van der Waals surface area contributed by atoms with Gasteiger partial charge in [0.15, 0.2) is 0 Å². The van der Waals surface area contributed by atoms with Crippen LogP contribution < -0.4 is 5.73 Å². The fourth-order valence-electron chi connectivity index (χ4n) is 2.79. The van der Waals surface area contributed by atoms with Gasteiger partial charge < -0.3 is 5.73 Å². The molecule has 0 unspecified atom stereocenters. The van der Waals surface area contributed by atoms with Gasteiger partial charge >= 0.3 is 0 Å². The second-order valence-electron chi connectivity index (χ2n) is 5.52. The first-order valence-electron chi connectivity index (χ1n) is 7.35. The van der Waals surface area contributed by atoms with E-state index in [-0.39, 0.29) is 4.99 Å². The molecule has 0 spiro atoms. The SMILES string of the molecule is CCCC1CCN(S(=O)(=O)c2ccc(C(N)=S)cc2)CC1. The Morgan fingerprint density at radius 3 is 2.33 bits per heavy atom. The maximum atomic E-state index is 12.6. The summed E-state index contributed by atoms with van der Waals surface area (Å²) in [6.45, 7) is 3.40. The summed E-state index contributed by atoms with van der Waals surface area (Å²) in [5, 5.41) is 0. The van der Waals surface area contributed by atoms with Crippen LogP contribution in [0.5, 0.6) is 0 Å². The minimum absolute atomic E-state index is 0.277. The highest BCUT2D eigenvalue weighted by atomic mass is 32.2. The third kappa shape index (κ3) is 3.81. The van der Waals surface area contributed by atoms with Crippen LogP contribution in [0.3, 0.4) is 0 Å². The van der Waals surface area contributed by atoms with Crippen LogP contribution in [0, 0.1) is 5.92 Å². The molecule has 1 heterocycles. The van der Waals surface area contributed by atoms with E-state index < -0.39 is 10.0 Å². The van der Waals surface area contributed by atoms with E-state index in [2.05, 4.69) is 6.92 Å². The lowest BCUT2D eigenvalue weighted by atomic mass is 9.94. The molecule has 21 heavy (non-hydrogen) atoms. The van der Waals surface area contributed by atoms with Crippen molar-refractivity contribution in [1.82, 2.24) is 4.31 Å². The number of nitrogens with zero attached hydrogens (tertiary/aromatic N) is 1. The number of benzene rings is 1. The second kappa shape index (κ2) is 6.85. The van der Waals surface area contributed by atoms with Crippen molar-refractivity contribution in [2.24, 2.45) is 11.7 Å². The molecular formula is C15H22N2O2S2. The molecule has 0 bridgehead atoms. The fourth-order valence-corrected chi connectivity index (χ4v) is 4.39. The van der Waals surface area contributed by atoms with Gasteiger partial charge in [-0.3, -0.25) is 0 Å². The maximum Gasteiger partial charge on any atom is 0.243 e. The van der Waals surface area contributed by atoms with E-state index in [0.717, 1.165) is 19.3 Å². The summed E-state index contributed by atoms with van der Waals surface area (Å²) in [6, 6.07) is 6.50. The van der Waals surface area contributed by atoms with E-state index in [1.165, 1.54) is 6.42 Å². The molecule has 0 atom stereocenters. The average Bonchev–Trinajstić information content (AvgIpc) is 2.48. The van der Waals surface area contributed by atoms with Crippen molar-refractivity contribution >= 4 is 27.2 Å². The average molecular weight is 326 g/mol. The van der Waals surface area contributed by atoms with Crippen LogP contribution in [-0.2, 0) is 10.0 Å². The van der Waals surface area contributed by atoms with Crippen LogP contribution in [0.1, 0.15) is 38.2 Å². The largest absolute Gasteiger partial charge is 0.389 e. The highest BCUT2D eigenvalue weighted by molar-refractivity contribution is 7.89. The zero-order chi connectivity index (χ0) is 15.5. The van der Waals surface area contributed by atoms with E-state index >= 15 is 0 Å². The Hall–Kier alpha value is -0.980. The summed E-state index contributed by atoms with van der Waals surface area (Å²) < 4.78 is 26.8. The topological polar surface area (TPSA) is 63.4 Å². The number of hydrogen-bond acceptors (Lipinski definition) is 3. The van der Waals surface area contributed by atoms with Crippen molar-refractivity contribution in [3.8, 4) is 0 Å². The number of thiocarbonyl (C=S) groups is 1. The van der Waals surface area contributed by atoms with E-state index in [1.54, 1.807) is 28.6 Å². The first kappa shape index (κ1) is 16.4. The van der Waals surface area contributed by atoms with Gasteiger partial charge in [0.1, 0.15) is 4.99 Å². The molecule has 1 aliphatic heterocycles. The van der Waals surface area contributed by atoms with Gasteiger partial charge in [0.05, 0.1) is 4.90 Å². The zero-order valence-electron chi connectivity index (χ0n) is 12.3. The lowest BCUT2D eigenvalue weighted by Crippen LogP contribution is -2.38. The molecule has 1 aliphatic rings. The summed E-state index contributed by atoms with van der Waals surface area (Å²) in [7, 11) is -3.39. The Bertz CT molecular complexity index is 589. The van der Waals surface area contributed by atoms with Crippen molar-refractivity contribution in [2.75, 3.05) is 13.1 Å². The summed E-state index contributed by atoms with van der Waals surface area (Å²) in [5.74, 6) is 0.665. The zero-order valence-corrected chi connectivity index (χ0v) is 13.9. The van der Waals surface area contributed by atoms with Crippen molar-refractivity contribution in [3.05, 3.63) is 29.8 Å². The number of rotatable bonds is 5. The number of hydrogen-bond donors (Lipinski definition) is 1. The Kier molecular flexibility index (Phi) is 5.35. The first-order chi connectivity index (χ1) is 9.95. The molecule has 2 rings (SSSR count). The Morgan fingerprint density at radius 1 is 1.29 bits per heavy atom. The van der Waals surface area contributed by atoms with E-state index in [4.69, 9.17) is 18.0 Å². The maximum absolute atomic E-state index is 12.6. The molecular weight excluding hydrogens is 304 g/mol. The summed E-state index contributed by atoms with van der Waals surface area (Å²) in [5.41, 5.74) is 6.22. The molecule has 1 saturated heterocycles. The molecule has 0 radical (unpaired) electrons. The normalized spacial score (nSPS) is 17.8. The standard InChI is InChI=1S/C15H22N2O2S2/c1-2-3-12-8-10-17(11-9-12)21(18,19)14-6-4-13(5-7-14)15(16)20/h4-7,12H,2-3,8-11H2,1H3,(H2,16,20). The number of nitrogens with two attached hydrogens (primary N) is 1. The van der Waals surface area contributed by atoms with Crippen LogP contribution in [-0.4, -0.2) is 30.8 Å². The van der Waals surface area contributed by atoms with Crippen LogP contribution in [0.4, 0.5) is 0 Å². The molecule has 0 aliphatic carbocycles. The van der Waals surface area contributed by atoms with Crippen molar-refractivity contribution in [2.45, 2.75) is 37.5 Å². The Balaban J connectivity index is 2.10. The van der Waals surface area contributed by atoms with Gasteiger partial charge in [-0.05, 0) is 30.9 Å². The molecule has 116 valence electrons. The first-order valence-corrected chi connectivity index (χ1v) is 9.20. The third-order valence-corrected chi connectivity index (χ3v) is 6.20. The lowest BCUT2D eigenvalue weighted by Gasteiger charge is -2.31. The molecule has 4 nitrogen and oxygen atoms in total. The Labute approximate surface area is 132 Å².